The Morgan fingerprint density at radius 2 is 0.767 bits per heavy atom. The van der Waals surface area contributed by atoms with Crippen LogP contribution in [-0.4, -0.2) is 71.1 Å². The molecule has 2 rings (SSSR count). The maximum Gasteiger partial charge on any atom is 0.372 e. The van der Waals surface area contributed by atoms with Gasteiger partial charge >= 0.3 is 12.1 Å². The van der Waals surface area contributed by atoms with E-state index in [1.165, 1.54) is 20.3 Å². The third-order valence-corrected chi connectivity index (χ3v) is 4.89. The number of urea groups is 2. The molecule has 0 saturated carbocycles. The molecule has 0 aliphatic carbocycles. The SMILES string of the molecule is CCCCON1C(=O)N(OCCCC)C2C1N(OCCCC)C(=O)N2OCCCC. The lowest BCUT2D eigenvalue weighted by atomic mass is 10.4. The Morgan fingerprint density at radius 1 is 0.533 bits per heavy atom. The number of amides is 4. The van der Waals surface area contributed by atoms with Gasteiger partial charge in [-0.1, -0.05) is 53.4 Å². The minimum absolute atomic E-state index is 0.363. The molecule has 0 unspecified atom stereocenters. The molecule has 4 amide bonds. The molecule has 30 heavy (non-hydrogen) atoms. The van der Waals surface area contributed by atoms with E-state index in [-0.39, 0.29) is 0 Å². The first kappa shape index (κ1) is 24.6. The number of rotatable bonds is 16. The molecule has 0 aromatic heterocycles. The van der Waals surface area contributed by atoms with Crippen molar-refractivity contribution in [2.75, 3.05) is 26.4 Å². The molecule has 2 saturated heterocycles. The number of hydrogen-bond acceptors (Lipinski definition) is 6. The van der Waals surface area contributed by atoms with Crippen LogP contribution in [0.3, 0.4) is 0 Å². The van der Waals surface area contributed by atoms with Gasteiger partial charge in [0.25, 0.3) is 0 Å². The second kappa shape index (κ2) is 12.9. The minimum atomic E-state index is -0.804. The molecule has 0 atom stereocenters. The quantitative estimate of drug-likeness (QED) is 0.344. The average molecular weight is 431 g/mol. The van der Waals surface area contributed by atoms with Gasteiger partial charge in [-0.15, -0.1) is 0 Å². The molecule has 0 aromatic rings. The topological polar surface area (TPSA) is 84.0 Å². The van der Waals surface area contributed by atoms with Crippen molar-refractivity contribution in [3.05, 3.63) is 0 Å². The summed E-state index contributed by atoms with van der Waals surface area (Å²) in [6.45, 7) is 9.62. The summed E-state index contributed by atoms with van der Waals surface area (Å²) >= 11 is 0. The van der Waals surface area contributed by atoms with E-state index in [1.54, 1.807) is 0 Å². The molecule has 0 N–H and O–H groups in total. The van der Waals surface area contributed by atoms with E-state index in [9.17, 15) is 9.59 Å². The number of hydrogen-bond donors (Lipinski definition) is 0. The normalized spacial score (nSPS) is 21.3. The molecule has 0 spiro atoms. The van der Waals surface area contributed by atoms with Gasteiger partial charge in [-0.25, -0.2) is 9.59 Å². The van der Waals surface area contributed by atoms with Gasteiger partial charge in [0.1, 0.15) is 0 Å². The van der Waals surface area contributed by atoms with E-state index >= 15 is 0 Å². The number of unbranched alkanes of at least 4 members (excludes halogenated alkanes) is 4. The van der Waals surface area contributed by atoms with Crippen LogP contribution in [0.5, 0.6) is 0 Å². The zero-order valence-electron chi connectivity index (χ0n) is 18.9. The lowest BCUT2D eigenvalue weighted by molar-refractivity contribution is -0.241. The predicted octanol–water partition coefficient (Wildman–Crippen LogP) is 4.04. The average Bonchev–Trinajstić information content (AvgIpc) is 3.15. The molecular formula is C20H38N4O6. The summed E-state index contributed by atoms with van der Waals surface area (Å²) in [7, 11) is 0. The maximum absolute atomic E-state index is 13.1. The Hall–Kier alpha value is -1.62. The van der Waals surface area contributed by atoms with Gasteiger partial charge in [0, 0.05) is 0 Å². The van der Waals surface area contributed by atoms with Crippen molar-refractivity contribution < 1.29 is 28.9 Å². The first-order valence-electron chi connectivity index (χ1n) is 11.4. The molecule has 2 heterocycles. The van der Waals surface area contributed by atoms with Crippen molar-refractivity contribution in [1.29, 1.82) is 0 Å². The van der Waals surface area contributed by atoms with E-state index < -0.39 is 24.4 Å². The van der Waals surface area contributed by atoms with Gasteiger partial charge in [0.15, 0.2) is 0 Å². The number of nitrogens with zero attached hydrogens (tertiary/aromatic N) is 4. The Bertz CT molecular complexity index is 451. The van der Waals surface area contributed by atoms with Gasteiger partial charge in [-0.2, -0.15) is 20.3 Å². The first-order chi connectivity index (χ1) is 14.6. The van der Waals surface area contributed by atoms with Crippen LogP contribution in [0, 0.1) is 0 Å². The van der Waals surface area contributed by atoms with Crippen molar-refractivity contribution in [3.63, 3.8) is 0 Å². The second-order valence-electron chi connectivity index (χ2n) is 7.44. The summed E-state index contributed by atoms with van der Waals surface area (Å²) in [5.41, 5.74) is 0. The van der Waals surface area contributed by atoms with E-state index in [2.05, 4.69) is 0 Å². The summed E-state index contributed by atoms with van der Waals surface area (Å²) in [4.78, 5) is 49.3. The summed E-state index contributed by atoms with van der Waals surface area (Å²) in [6, 6.07) is -0.921. The highest BCUT2D eigenvalue weighted by Crippen LogP contribution is 2.36. The lowest BCUT2D eigenvalue weighted by Crippen LogP contribution is -2.46. The highest BCUT2D eigenvalue weighted by atomic mass is 16.8. The molecule has 2 aliphatic rings. The number of hydroxylamine groups is 8. The monoisotopic (exact) mass is 430 g/mol. The second-order valence-corrected chi connectivity index (χ2v) is 7.44. The van der Waals surface area contributed by atoms with Crippen molar-refractivity contribution in [1.82, 2.24) is 20.3 Å². The van der Waals surface area contributed by atoms with Crippen LogP contribution < -0.4 is 0 Å². The number of carbonyl (C=O) groups is 2. The van der Waals surface area contributed by atoms with Crippen LogP contribution in [0.1, 0.15) is 79.1 Å². The highest BCUT2D eigenvalue weighted by Gasteiger charge is 2.63. The van der Waals surface area contributed by atoms with Crippen molar-refractivity contribution in [2.24, 2.45) is 0 Å². The van der Waals surface area contributed by atoms with Crippen LogP contribution in [0.2, 0.25) is 0 Å². The van der Waals surface area contributed by atoms with Crippen molar-refractivity contribution >= 4 is 12.1 Å². The fourth-order valence-electron chi connectivity index (χ4n) is 3.08. The third-order valence-electron chi connectivity index (χ3n) is 4.89. The van der Waals surface area contributed by atoms with Gasteiger partial charge < -0.3 is 0 Å². The Balaban J connectivity index is 2.26. The molecule has 2 fully saturated rings. The summed E-state index contributed by atoms with van der Waals surface area (Å²) in [5.74, 6) is 0. The van der Waals surface area contributed by atoms with Crippen LogP contribution in [-0.2, 0) is 19.4 Å². The largest absolute Gasteiger partial charge is 0.372 e. The first-order valence-corrected chi connectivity index (χ1v) is 11.4. The Morgan fingerprint density at radius 3 is 0.967 bits per heavy atom. The van der Waals surface area contributed by atoms with Crippen LogP contribution in [0.4, 0.5) is 9.59 Å². The smallest absolute Gasteiger partial charge is 0.267 e. The highest BCUT2D eigenvalue weighted by molar-refractivity contribution is 5.82. The van der Waals surface area contributed by atoms with Crippen molar-refractivity contribution in [3.8, 4) is 0 Å². The van der Waals surface area contributed by atoms with E-state index in [0.29, 0.717) is 26.4 Å². The van der Waals surface area contributed by atoms with Gasteiger partial charge in [-0.05, 0) is 25.7 Å². The van der Waals surface area contributed by atoms with Crippen LogP contribution >= 0.6 is 0 Å². The molecule has 10 nitrogen and oxygen atoms in total. The Labute approximate surface area is 179 Å². The molecule has 0 aromatic carbocycles. The fraction of sp³-hybridized carbons (Fsp3) is 0.900. The zero-order valence-corrected chi connectivity index (χ0v) is 18.9. The summed E-state index contributed by atoms with van der Waals surface area (Å²) in [6.07, 6.45) is 5.26. The Kier molecular flexibility index (Phi) is 10.6. The fourth-order valence-corrected chi connectivity index (χ4v) is 3.08. The number of carbonyl (C=O) groups excluding carboxylic acids is 2. The molecular weight excluding hydrogens is 392 g/mol. The maximum atomic E-state index is 13.1. The van der Waals surface area contributed by atoms with E-state index in [0.717, 1.165) is 51.4 Å². The van der Waals surface area contributed by atoms with Crippen LogP contribution in [0.25, 0.3) is 0 Å². The molecule has 2 aliphatic heterocycles. The molecule has 0 radical (unpaired) electrons. The predicted molar refractivity (Wildman–Crippen MR) is 109 cm³/mol. The molecule has 0 bridgehead atoms. The summed E-state index contributed by atoms with van der Waals surface area (Å²) < 4.78 is 0. The van der Waals surface area contributed by atoms with Crippen LogP contribution in [0.15, 0.2) is 0 Å². The minimum Gasteiger partial charge on any atom is -0.267 e. The van der Waals surface area contributed by atoms with E-state index in [1.807, 2.05) is 27.7 Å². The number of fused-ring (bicyclic) bond motifs is 1. The van der Waals surface area contributed by atoms with Crippen molar-refractivity contribution in [2.45, 2.75) is 91.4 Å². The third kappa shape index (κ3) is 5.75. The van der Waals surface area contributed by atoms with Gasteiger partial charge in [0.2, 0.25) is 12.3 Å². The van der Waals surface area contributed by atoms with E-state index in [4.69, 9.17) is 19.4 Å². The standard InChI is InChI=1S/C20H38N4O6/c1-5-9-13-27-21-17-18(23(19(21)25)29-15-11-7-3)24(30-16-12-8-4)20(26)22(17)28-14-10-6-2/h17-18H,5-16H2,1-4H3. The molecule has 10 heteroatoms. The molecule has 174 valence electrons. The lowest BCUT2D eigenvalue weighted by Gasteiger charge is -2.27. The van der Waals surface area contributed by atoms with Gasteiger partial charge in [-0.3, -0.25) is 19.4 Å². The summed E-state index contributed by atoms with van der Waals surface area (Å²) in [5, 5.41) is 4.77. The van der Waals surface area contributed by atoms with Gasteiger partial charge in [0.05, 0.1) is 26.4 Å². The zero-order chi connectivity index (χ0) is 21.9.